The zero-order valence-electron chi connectivity index (χ0n) is 16.7. The van der Waals surface area contributed by atoms with E-state index in [0.717, 1.165) is 0 Å². The summed E-state index contributed by atoms with van der Waals surface area (Å²) >= 11 is 0. The van der Waals surface area contributed by atoms with Gasteiger partial charge in [-0.25, -0.2) is 8.42 Å². The molecule has 0 aromatic heterocycles. The summed E-state index contributed by atoms with van der Waals surface area (Å²) in [6.07, 6.45) is 0. The van der Waals surface area contributed by atoms with Crippen molar-refractivity contribution in [3.63, 3.8) is 0 Å². The summed E-state index contributed by atoms with van der Waals surface area (Å²) in [5, 5.41) is 5.72. The molecule has 0 fully saturated rings. The summed E-state index contributed by atoms with van der Waals surface area (Å²) < 4.78 is 32.2. The summed E-state index contributed by atoms with van der Waals surface area (Å²) in [6.45, 7) is -0.00987. The number of hydrogen-bond donors (Lipinski definition) is 2. The maximum Gasteiger partial charge on any atom is 0.264 e. The van der Waals surface area contributed by atoms with Gasteiger partial charge in [-0.2, -0.15) is 0 Å². The lowest BCUT2D eigenvalue weighted by Gasteiger charge is -2.20. The summed E-state index contributed by atoms with van der Waals surface area (Å²) in [4.78, 5) is 12.3. The number of rotatable bonds is 8. The van der Waals surface area contributed by atoms with E-state index < -0.39 is 10.0 Å². The molecule has 0 spiro atoms. The number of ether oxygens (including phenoxy) is 1. The average molecular weight is 426 g/mol. The molecule has 0 aliphatic carbocycles. The first-order valence-corrected chi connectivity index (χ1v) is 10.7. The topological polar surface area (TPSA) is 87.7 Å². The molecule has 3 aromatic rings. The lowest BCUT2D eigenvalue weighted by molar-refractivity contribution is -0.114. The first-order valence-electron chi connectivity index (χ1n) is 9.22. The lowest BCUT2D eigenvalue weighted by Crippen LogP contribution is -2.26. The number of sulfonamides is 1. The second kappa shape index (κ2) is 9.32. The van der Waals surface area contributed by atoms with Crippen molar-refractivity contribution >= 4 is 33.0 Å². The molecule has 8 heteroatoms. The van der Waals surface area contributed by atoms with E-state index in [4.69, 9.17) is 4.74 Å². The van der Waals surface area contributed by atoms with Gasteiger partial charge in [-0.3, -0.25) is 9.10 Å². The first-order chi connectivity index (χ1) is 14.4. The number of nitrogens with one attached hydrogen (secondary N) is 2. The zero-order chi connectivity index (χ0) is 21.6. The Kier molecular flexibility index (Phi) is 6.58. The minimum atomic E-state index is -3.73. The van der Waals surface area contributed by atoms with Gasteiger partial charge in [-0.05, 0) is 54.6 Å². The number of benzene rings is 3. The fourth-order valence-corrected chi connectivity index (χ4v) is 4.01. The number of carbonyl (C=O) groups is 1. The van der Waals surface area contributed by atoms with Gasteiger partial charge < -0.3 is 15.4 Å². The first kappa shape index (κ1) is 21.2. The van der Waals surface area contributed by atoms with Crippen molar-refractivity contribution in [2.45, 2.75) is 4.90 Å². The molecular weight excluding hydrogens is 402 g/mol. The number of methoxy groups -OCH3 is 1. The van der Waals surface area contributed by atoms with E-state index in [9.17, 15) is 13.2 Å². The molecule has 0 aliphatic rings. The molecule has 7 nitrogen and oxygen atoms in total. The Labute approximate surface area is 176 Å². The van der Waals surface area contributed by atoms with Crippen molar-refractivity contribution in [1.82, 2.24) is 0 Å². The smallest absolute Gasteiger partial charge is 0.264 e. The highest BCUT2D eigenvalue weighted by Gasteiger charge is 2.21. The van der Waals surface area contributed by atoms with Crippen LogP contribution in [0.15, 0.2) is 83.8 Å². The monoisotopic (exact) mass is 425 g/mol. The van der Waals surface area contributed by atoms with Crippen LogP contribution in [0.2, 0.25) is 0 Å². The Morgan fingerprint density at radius 1 is 0.933 bits per heavy atom. The molecule has 0 atom stereocenters. The van der Waals surface area contributed by atoms with Crippen molar-refractivity contribution in [3.8, 4) is 5.75 Å². The summed E-state index contributed by atoms with van der Waals surface area (Å²) in [7, 11) is -0.647. The minimum absolute atomic E-state index is 0.00987. The van der Waals surface area contributed by atoms with Crippen LogP contribution in [0.25, 0.3) is 0 Å². The largest absolute Gasteiger partial charge is 0.497 e. The van der Waals surface area contributed by atoms with E-state index in [1.54, 1.807) is 67.8 Å². The third-order valence-electron chi connectivity index (χ3n) is 4.44. The fraction of sp³-hybridized carbons (Fsp3) is 0.136. The molecule has 0 bridgehead atoms. The second-order valence-electron chi connectivity index (χ2n) is 6.47. The van der Waals surface area contributed by atoms with Gasteiger partial charge in [0.1, 0.15) is 5.75 Å². The van der Waals surface area contributed by atoms with Gasteiger partial charge in [-0.15, -0.1) is 0 Å². The van der Waals surface area contributed by atoms with Gasteiger partial charge in [0.05, 0.1) is 24.2 Å². The van der Waals surface area contributed by atoms with E-state index in [1.165, 1.54) is 23.5 Å². The van der Waals surface area contributed by atoms with Crippen LogP contribution in [-0.4, -0.2) is 35.0 Å². The lowest BCUT2D eigenvalue weighted by atomic mass is 10.3. The SMILES string of the molecule is COc1ccc(NC(=O)CNc2cccc(S(=O)(=O)N(C)c3ccccc3)c2)cc1. The Hall–Kier alpha value is -3.52. The molecule has 2 N–H and O–H groups in total. The van der Waals surface area contributed by atoms with E-state index in [1.807, 2.05) is 6.07 Å². The van der Waals surface area contributed by atoms with Gasteiger partial charge in [-0.1, -0.05) is 24.3 Å². The quantitative estimate of drug-likeness (QED) is 0.576. The highest BCUT2D eigenvalue weighted by Crippen LogP contribution is 2.23. The maximum atomic E-state index is 12.9. The molecule has 30 heavy (non-hydrogen) atoms. The normalized spacial score (nSPS) is 10.9. The summed E-state index contributed by atoms with van der Waals surface area (Å²) in [5.74, 6) is 0.444. The van der Waals surface area contributed by atoms with Gasteiger partial charge in [0.25, 0.3) is 10.0 Å². The van der Waals surface area contributed by atoms with Gasteiger partial charge >= 0.3 is 0 Å². The van der Waals surface area contributed by atoms with Crippen LogP contribution in [0.3, 0.4) is 0 Å². The van der Waals surface area contributed by atoms with Crippen LogP contribution in [0.4, 0.5) is 17.1 Å². The van der Waals surface area contributed by atoms with Crippen LogP contribution in [0.1, 0.15) is 0 Å². The minimum Gasteiger partial charge on any atom is -0.497 e. The third kappa shape index (κ3) is 5.09. The Balaban J connectivity index is 1.65. The number of carbonyl (C=O) groups excluding carboxylic acids is 1. The van der Waals surface area contributed by atoms with Crippen molar-refractivity contribution < 1.29 is 17.9 Å². The Morgan fingerprint density at radius 2 is 1.63 bits per heavy atom. The second-order valence-corrected chi connectivity index (χ2v) is 8.44. The molecule has 156 valence electrons. The predicted molar refractivity (Wildman–Crippen MR) is 119 cm³/mol. The molecule has 3 aromatic carbocycles. The Bertz CT molecular complexity index is 1100. The van der Waals surface area contributed by atoms with Crippen LogP contribution >= 0.6 is 0 Å². The summed E-state index contributed by atoms with van der Waals surface area (Å²) in [5.41, 5.74) is 1.74. The van der Waals surface area contributed by atoms with E-state index in [-0.39, 0.29) is 17.3 Å². The summed E-state index contributed by atoms with van der Waals surface area (Å²) in [6, 6.07) is 22.2. The zero-order valence-corrected chi connectivity index (χ0v) is 17.5. The van der Waals surface area contributed by atoms with Crippen LogP contribution in [-0.2, 0) is 14.8 Å². The maximum absolute atomic E-state index is 12.9. The number of anilines is 3. The van der Waals surface area contributed by atoms with E-state index >= 15 is 0 Å². The molecule has 0 aliphatic heterocycles. The number of nitrogens with zero attached hydrogens (tertiary/aromatic N) is 1. The van der Waals surface area contributed by atoms with E-state index in [0.29, 0.717) is 22.8 Å². The van der Waals surface area contributed by atoms with Crippen LogP contribution < -0.4 is 19.7 Å². The molecule has 0 radical (unpaired) electrons. The fourth-order valence-electron chi connectivity index (χ4n) is 2.76. The van der Waals surface area contributed by atoms with Crippen LogP contribution in [0, 0.1) is 0 Å². The van der Waals surface area contributed by atoms with Crippen molar-refractivity contribution in [2.75, 3.05) is 35.6 Å². The van der Waals surface area contributed by atoms with Crippen LogP contribution in [0.5, 0.6) is 5.75 Å². The molecule has 0 saturated heterocycles. The van der Waals surface area contributed by atoms with E-state index in [2.05, 4.69) is 10.6 Å². The van der Waals surface area contributed by atoms with Gasteiger partial charge in [0, 0.05) is 18.4 Å². The molecular formula is C22H23N3O4S. The van der Waals surface area contributed by atoms with Gasteiger partial charge in [0.2, 0.25) is 5.91 Å². The molecule has 0 heterocycles. The molecule has 1 amide bonds. The average Bonchev–Trinajstić information content (AvgIpc) is 2.78. The molecule has 0 unspecified atom stereocenters. The molecule has 0 saturated carbocycles. The number of para-hydroxylation sites is 1. The standard InChI is InChI=1S/C22H23N3O4S/c1-25(19-8-4-3-5-9-19)30(27,28)21-10-6-7-18(15-21)23-16-22(26)24-17-11-13-20(29-2)14-12-17/h3-15,23H,16H2,1-2H3,(H,24,26). The highest BCUT2D eigenvalue weighted by molar-refractivity contribution is 7.92. The molecule has 3 rings (SSSR count). The number of hydrogen-bond acceptors (Lipinski definition) is 5. The third-order valence-corrected chi connectivity index (χ3v) is 6.22. The Morgan fingerprint density at radius 3 is 2.30 bits per heavy atom. The van der Waals surface area contributed by atoms with Gasteiger partial charge in [0.15, 0.2) is 0 Å². The predicted octanol–water partition coefficient (Wildman–Crippen LogP) is 3.57. The van der Waals surface area contributed by atoms with Crippen molar-refractivity contribution in [1.29, 1.82) is 0 Å². The van der Waals surface area contributed by atoms with Crippen molar-refractivity contribution in [3.05, 3.63) is 78.9 Å². The highest BCUT2D eigenvalue weighted by atomic mass is 32.2. The number of amides is 1. The van der Waals surface area contributed by atoms with Crippen molar-refractivity contribution in [2.24, 2.45) is 0 Å².